The Hall–Kier alpha value is -2.93. The molecule has 1 aromatic carbocycles. The molecule has 2 amide bonds. The van der Waals surface area contributed by atoms with Crippen LogP contribution in [0.15, 0.2) is 35.1 Å². The van der Waals surface area contributed by atoms with Gasteiger partial charge in [0.25, 0.3) is 11.5 Å². The van der Waals surface area contributed by atoms with Gasteiger partial charge in [0.2, 0.25) is 5.91 Å². The minimum Gasteiger partial charge on any atom is -0.383 e. The first-order valence-electron chi connectivity index (χ1n) is 9.68. The van der Waals surface area contributed by atoms with E-state index in [1.54, 1.807) is 25.6 Å². The number of ether oxygens (including phenoxy) is 1. The van der Waals surface area contributed by atoms with Gasteiger partial charge in [-0.1, -0.05) is 24.3 Å². The number of nitrogens with zero attached hydrogens (tertiary/aromatic N) is 2. The second kappa shape index (κ2) is 8.61. The van der Waals surface area contributed by atoms with Gasteiger partial charge in [-0.3, -0.25) is 14.4 Å². The van der Waals surface area contributed by atoms with Gasteiger partial charge in [0, 0.05) is 39.4 Å². The number of rotatable bonds is 5. The molecule has 7 nitrogen and oxygen atoms in total. The fourth-order valence-electron chi connectivity index (χ4n) is 3.93. The number of carbonyl (C=O) groups excluding carboxylic acids is 2. The average molecular weight is 397 g/mol. The van der Waals surface area contributed by atoms with Gasteiger partial charge >= 0.3 is 0 Å². The zero-order valence-electron chi connectivity index (χ0n) is 17.3. The van der Waals surface area contributed by atoms with Crippen LogP contribution < -0.4 is 10.9 Å². The van der Waals surface area contributed by atoms with Crippen LogP contribution in [0.4, 0.5) is 0 Å². The highest BCUT2D eigenvalue weighted by Crippen LogP contribution is 2.25. The monoisotopic (exact) mass is 397 g/mol. The van der Waals surface area contributed by atoms with Crippen molar-refractivity contribution >= 4 is 11.8 Å². The number of aromatic nitrogens is 1. The second-order valence-electron chi connectivity index (χ2n) is 7.33. The molecule has 0 bridgehead atoms. The van der Waals surface area contributed by atoms with Gasteiger partial charge in [0.1, 0.15) is 11.6 Å². The van der Waals surface area contributed by atoms with E-state index in [2.05, 4.69) is 5.32 Å². The number of hydrogen-bond donors (Lipinski definition) is 1. The Balaban J connectivity index is 2.06. The van der Waals surface area contributed by atoms with Crippen molar-refractivity contribution in [2.75, 3.05) is 20.8 Å². The van der Waals surface area contributed by atoms with Crippen molar-refractivity contribution in [1.29, 1.82) is 0 Å². The van der Waals surface area contributed by atoms with E-state index in [4.69, 9.17) is 4.74 Å². The summed E-state index contributed by atoms with van der Waals surface area (Å²) in [6.07, 6.45) is 0.421. The molecule has 0 saturated carbocycles. The van der Waals surface area contributed by atoms with E-state index in [1.165, 1.54) is 4.90 Å². The molecule has 0 fully saturated rings. The topological polar surface area (TPSA) is 80.6 Å². The fraction of sp³-hybridized carbons (Fsp3) is 0.409. The lowest BCUT2D eigenvalue weighted by Gasteiger charge is -2.36. The molecule has 1 N–H and O–H groups in total. The quantitative estimate of drug-likeness (QED) is 0.828. The summed E-state index contributed by atoms with van der Waals surface area (Å²) in [7, 11) is 3.13. The molecule has 154 valence electrons. The van der Waals surface area contributed by atoms with Crippen LogP contribution >= 0.6 is 0 Å². The lowest BCUT2D eigenvalue weighted by molar-refractivity contribution is -0.125. The molecule has 1 aromatic heterocycles. The summed E-state index contributed by atoms with van der Waals surface area (Å²) in [4.78, 5) is 40.7. The number of aryl methyl sites for hydroxylation is 2. The molecule has 1 aliphatic rings. The number of benzene rings is 1. The largest absolute Gasteiger partial charge is 0.383 e. The molecule has 1 aliphatic heterocycles. The van der Waals surface area contributed by atoms with Crippen LogP contribution in [0.3, 0.4) is 0 Å². The number of hydrogen-bond acceptors (Lipinski definition) is 4. The van der Waals surface area contributed by atoms with Crippen LogP contribution in [0.2, 0.25) is 0 Å². The molecule has 1 atom stereocenters. The van der Waals surface area contributed by atoms with Gasteiger partial charge in [-0.2, -0.15) is 0 Å². The third-order valence-electron chi connectivity index (χ3n) is 5.50. The third-order valence-corrected chi connectivity index (χ3v) is 5.50. The first-order valence-corrected chi connectivity index (χ1v) is 9.68. The maximum atomic E-state index is 13.5. The summed E-state index contributed by atoms with van der Waals surface area (Å²) in [5.74, 6) is -0.654. The molecule has 2 heterocycles. The fourth-order valence-corrected chi connectivity index (χ4v) is 3.93. The van der Waals surface area contributed by atoms with E-state index in [0.29, 0.717) is 25.1 Å². The SMILES string of the molecule is CNC(=O)[C@H]1Cc2ccccc2CN1C(=O)c1c(C)cc(C)n(CCOC)c1=O. The van der Waals surface area contributed by atoms with Gasteiger partial charge in [-0.05, 0) is 36.6 Å². The molecule has 0 spiro atoms. The number of fused-ring (bicyclic) bond motifs is 1. The predicted octanol–water partition coefficient (Wildman–Crippen LogP) is 1.42. The molecule has 2 aromatic rings. The maximum Gasteiger partial charge on any atom is 0.263 e. The average Bonchev–Trinajstić information content (AvgIpc) is 2.71. The summed E-state index contributed by atoms with van der Waals surface area (Å²) in [6, 6.07) is 8.94. The van der Waals surface area contributed by atoms with Gasteiger partial charge in [-0.25, -0.2) is 0 Å². The van der Waals surface area contributed by atoms with Crippen molar-refractivity contribution < 1.29 is 14.3 Å². The molecule has 3 rings (SSSR count). The van der Waals surface area contributed by atoms with Gasteiger partial charge in [0.05, 0.1) is 6.61 Å². The minimum absolute atomic E-state index is 0.111. The van der Waals surface area contributed by atoms with E-state index >= 15 is 0 Å². The van der Waals surface area contributed by atoms with E-state index in [1.807, 2.05) is 37.3 Å². The number of carbonyl (C=O) groups is 2. The zero-order valence-corrected chi connectivity index (χ0v) is 17.3. The Bertz CT molecular complexity index is 996. The molecule has 7 heteroatoms. The summed E-state index contributed by atoms with van der Waals surface area (Å²) >= 11 is 0. The van der Waals surface area contributed by atoms with Crippen LogP contribution in [-0.4, -0.2) is 48.1 Å². The highest BCUT2D eigenvalue weighted by molar-refractivity contribution is 5.98. The Morgan fingerprint density at radius 3 is 2.55 bits per heavy atom. The predicted molar refractivity (Wildman–Crippen MR) is 110 cm³/mol. The smallest absolute Gasteiger partial charge is 0.263 e. The number of pyridine rings is 1. The zero-order chi connectivity index (χ0) is 21.1. The Morgan fingerprint density at radius 1 is 1.21 bits per heavy atom. The van der Waals surface area contributed by atoms with E-state index < -0.39 is 11.9 Å². The Morgan fingerprint density at radius 2 is 1.90 bits per heavy atom. The first-order chi connectivity index (χ1) is 13.9. The van der Waals surface area contributed by atoms with Crippen LogP contribution in [0, 0.1) is 13.8 Å². The van der Waals surface area contributed by atoms with E-state index in [-0.39, 0.29) is 23.6 Å². The lowest BCUT2D eigenvalue weighted by Crippen LogP contribution is -2.53. The Labute approximate surface area is 170 Å². The minimum atomic E-state index is -0.657. The number of methoxy groups -OCH3 is 1. The molecule has 0 unspecified atom stereocenters. The molecule has 0 saturated heterocycles. The number of nitrogens with one attached hydrogen (secondary N) is 1. The second-order valence-corrected chi connectivity index (χ2v) is 7.33. The van der Waals surface area contributed by atoms with Crippen LogP contribution in [-0.2, 0) is 29.0 Å². The maximum absolute atomic E-state index is 13.5. The van der Waals surface area contributed by atoms with Crippen LogP contribution in [0.1, 0.15) is 32.7 Å². The number of amides is 2. The van der Waals surface area contributed by atoms with Crippen molar-refractivity contribution in [2.24, 2.45) is 0 Å². The standard InChI is InChI=1S/C22H27N3O4/c1-14-11-15(2)24(9-10-29-4)21(27)19(14)22(28)25-13-17-8-6-5-7-16(17)12-18(25)20(26)23-3/h5-8,11,18H,9-10,12-13H2,1-4H3,(H,23,26)/t18-/m1/s1. The summed E-state index contributed by atoms with van der Waals surface area (Å²) < 4.78 is 6.65. The normalized spacial score (nSPS) is 15.7. The molecule has 29 heavy (non-hydrogen) atoms. The summed E-state index contributed by atoms with van der Waals surface area (Å²) in [5, 5.41) is 2.65. The van der Waals surface area contributed by atoms with Crippen molar-refractivity contribution in [2.45, 2.75) is 39.4 Å². The van der Waals surface area contributed by atoms with Crippen molar-refractivity contribution in [1.82, 2.24) is 14.8 Å². The van der Waals surface area contributed by atoms with Gasteiger partial charge in [0.15, 0.2) is 0 Å². The summed E-state index contributed by atoms with van der Waals surface area (Å²) in [6.45, 7) is 4.62. The highest BCUT2D eigenvalue weighted by atomic mass is 16.5. The van der Waals surface area contributed by atoms with Crippen molar-refractivity contribution in [3.8, 4) is 0 Å². The molecule has 0 aliphatic carbocycles. The van der Waals surface area contributed by atoms with E-state index in [0.717, 1.165) is 16.8 Å². The molecular weight excluding hydrogens is 370 g/mol. The molecular formula is C22H27N3O4. The lowest BCUT2D eigenvalue weighted by atomic mass is 9.92. The van der Waals surface area contributed by atoms with Crippen molar-refractivity contribution in [3.05, 3.63) is 68.6 Å². The van der Waals surface area contributed by atoms with Gasteiger partial charge < -0.3 is 19.5 Å². The molecule has 0 radical (unpaired) electrons. The summed E-state index contributed by atoms with van der Waals surface area (Å²) in [5.41, 5.74) is 3.18. The first kappa shape index (κ1) is 20.8. The van der Waals surface area contributed by atoms with E-state index in [9.17, 15) is 14.4 Å². The van der Waals surface area contributed by atoms with Crippen LogP contribution in [0.5, 0.6) is 0 Å². The van der Waals surface area contributed by atoms with Crippen molar-refractivity contribution in [3.63, 3.8) is 0 Å². The third kappa shape index (κ3) is 3.96. The van der Waals surface area contributed by atoms with Gasteiger partial charge in [-0.15, -0.1) is 0 Å². The van der Waals surface area contributed by atoms with Crippen LogP contribution in [0.25, 0.3) is 0 Å². The Kier molecular flexibility index (Phi) is 6.17. The number of likely N-dealkylation sites (N-methyl/N-ethyl adjacent to an activating group) is 1. The highest BCUT2D eigenvalue weighted by Gasteiger charge is 2.36.